The quantitative estimate of drug-likeness (QED) is 0.615. The van der Waals surface area contributed by atoms with Gasteiger partial charge >= 0.3 is 5.97 Å². The molecule has 0 atom stereocenters. The number of hydrogen-bond donors (Lipinski definition) is 1. The van der Waals surface area contributed by atoms with Crippen molar-refractivity contribution in [3.05, 3.63) is 45.5 Å². The second kappa shape index (κ2) is 8.94. The third-order valence-electron chi connectivity index (χ3n) is 3.64. The number of benzene rings is 1. The predicted molar refractivity (Wildman–Crippen MR) is 90.9 cm³/mol. The molecule has 0 unspecified atom stereocenters. The van der Waals surface area contributed by atoms with E-state index in [4.69, 9.17) is 27.9 Å². The number of nitrogens with one attached hydrogen (secondary N) is 1. The van der Waals surface area contributed by atoms with E-state index in [1.54, 1.807) is 6.07 Å². The Morgan fingerprint density at radius 3 is 2.74 bits per heavy atom. The lowest BCUT2D eigenvalue weighted by atomic mass is 9.97. The number of carbonyl (C=O) groups excluding carboxylic acids is 2. The third-order valence-corrected chi connectivity index (χ3v) is 4.19. The number of rotatable bonds is 6. The van der Waals surface area contributed by atoms with Crippen LogP contribution in [0.3, 0.4) is 0 Å². The molecular weight excluding hydrogens is 337 g/mol. The average molecular weight is 356 g/mol. The van der Waals surface area contributed by atoms with Gasteiger partial charge in [-0.25, -0.2) is 4.79 Å². The van der Waals surface area contributed by atoms with Crippen LogP contribution >= 0.6 is 23.2 Å². The summed E-state index contributed by atoms with van der Waals surface area (Å²) in [5, 5.41) is 3.38. The highest BCUT2D eigenvalue weighted by molar-refractivity contribution is 6.36. The first-order valence-corrected chi connectivity index (χ1v) is 8.38. The molecule has 0 aliphatic heterocycles. The van der Waals surface area contributed by atoms with Gasteiger partial charge in [-0.15, -0.1) is 0 Å². The lowest BCUT2D eigenvalue weighted by molar-refractivity contribution is -0.124. The minimum absolute atomic E-state index is 0.191. The summed E-state index contributed by atoms with van der Waals surface area (Å²) < 4.78 is 4.96. The summed E-state index contributed by atoms with van der Waals surface area (Å²) in [5.41, 5.74) is 1.58. The van der Waals surface area contributed by atoms with Crippen molar-refractivity contribution >= 4 is 35.1 Å². The van der Waals surface area contributed by atoms with E-state index >= 15 is 0 Å². The fourth-order valence-electron chi connectivity index (χ4n) is 2.41. The molecule has 0 spiro atoms. The highest BCUT2D eigenvalue weighted by atomic mass is 35.5. The zero-order valence-corrected chi connectivity index (χ0v) is 14.3. The molecule has 0 saturated carbocycles. The van der Waals surface area contributed by atoms with Crippen molar-refractivity contribution in [3.8, 4) is 0 Å². The van der Waals surface area contributed by atoms with E-state index in [2.05, 4.69) is 11.4 Å². The van der Waals surface area contributed by atoms with Crippen LogP contribution in [0.15, 0.2) is 29.8 Å². The Balaban J connectivity index is 1.71. The lowest BCUT2D eigenvalue weighted by Crippen LogP contribution is -2.30. The van der Waals surface area contributed by atoms with Crippen LogP contribution in [0.25, 0.3) is 0 Å². The molecule has 1 aromatic carbocycles. The predicted octanol–water partition coefficient (Wildman–Crippen LogP) is 4.16. The Morgan fingerprint density at radius 2 is 2.04 bits per heavy atom. The van der Waals surface area contributed by atoms with Gasteiger partial charge in [-0.1, -0.05) is 34.9 Å². The number of halogens is 2. The fourth-order valence-corrected chi connectivity index (χ4v) is 2.89. The smallest absolute Gasteiger partial charge is 0.340 e. The van der Waals surface area contributed by atoms with E-state index in [1.165, 1.54) is 30.5 Å². The topological polar surface area (TPSA) is 55.4 Å². The molecule has 0 aromatic heterocycles. The summed E-state index contributed by atoms with van der Waals surface area (Å²) in [5.74, 6) is -0.961. The molecule has 6 heteroatoms. The molecule has 1 aliphatic rings. The number of esters is 1. The molecule has 0 saturated heterocycles. The van der Waals surface area contributed by atoms with Gasteiger partial charge in [0, 0.05) is 11.6 Å². The van der Waals surface area contributed by atoms with E-state index < -0.39 is 5.97 Å². The Bertz CT molecular complexity index is 614. The second-order valence-corrected chi connectivity index (χ2v) is 6.25. The van der Waals surface area contributed by atoms with Gasteiger partial charge in [0.1, 0.15) is 0 Å². The number of allylic oxidation sites excluding steroid dienone is 1. The Kier molecular flexibility index (Phi) is 6.93. The van der Waals surface area contributed by atoms with Gasteiger partial charge in [-0.2, -0.15) is 0 Å². The van der Waals surface area contributed by atoms with Crippen LogP contribution in [-0.4, -0.2) is 25.0 Å². The highest BCUT2D eigenvalue weighted by Gasteiger charge is 2.14. The first-order chi connectivity index (χ1) is 11.1. The minimum atomic E-state index is -0.642. The van der Waals surface area contributed by atoms with Crippen LogP contribution in [-0.2, 0) is 9.53 Å². The van der Waals surface area contributed by atoms with Gasteiger partial charge in [0.2, 0.25) is 0 Å². The van der Waals surface area contributed by atoms with Crippen LogP contribution in [0.2, 0.25) is 10.0 Å². The first kappa shape index (κ1) is 17.8. The number of amides is 1. The average Bonchev–Trinajstić information content (AvgIpc) is 2.53. The first-order valence-electron chi connectivity index (χ1n) is 7.63. The summed E-state index contributed by atoms with van der Waals surface area (Å²) in [4.78, 5) is 23.6. The molecule has 0 bridgehead atoms. The SMILES string of the molecule is O=C(COC(=O)c1ccc(Cl)cc1Cl)NCCC1=CCCCC1. The molecule has 1 N–H and O–H groups in total. The maximum atomic E-state index is 11.9. The second-order valence-electron chi connectivity index (χ2n) is 5.41. The van der Waals surface area contributed by atoms with Gasteiger partial charge in [-0.3, -0.25) is 4.79 Å². The maximum absolute atomic E-state index is 11.9. The summed E-state index contributed by atoms with van der Waals surface area (Å²) in [6.07, 6.45) is 7.81. The molecule has 4 nitrogen and oxygen atoms in total. The third kappa shape index (κ3) is 5.88. The molecule has 1 aromatic rings. The minimum Gasteiger partial charge on any atom is -0.452 e. The van der Waals surface area contributed by atoms with E-state index in [1.807, 2.05) is 0 Å². The summed E-state index contributed by atoms with van der Waals surface area (Å²) in [6.45, 7) is 0.237. The van der Waals surface area contributed by atoms with Crippen LogP contribution in [0.5, 0.6) is 0 Å². The van der Waals surface area contributed by atoms with Crippen LogP contribution in [0.4, 0.5) is 0 Å². The van der Waals surface area contributed by atoms with Crippen molar-refractivity contribution in [3.63, 3.8) is 0 Å². The summed E-state index contributed by atoms with van der Waals surface area (Å²) >= 11 is 11.7. The van der Waals surface area contributed by atoms with Gasteiger partial charge in [0.15, 0.2) is 6.61 Å². The molecule has 0 radical (unpaired) electrons. The van der Waals surface area contributed by atoms with Gasteiger partial charge < -0.3 is 10.1 Å². The summed E-state index contributed by atoms with van der Waals surface area (Å²) in [6, 6.07) is 4.47. The van der Waals surface area contributed by atoms with Gasteiger partial charge in [-0.05, 0) is 50.3 Å². The lowest BCUT2D eigenvalue weighted by Gasteiger charge is -2.13. The molecule has 0 fully saturated rings. The zero-order valence-electron chi connectivity index (χ0n) is 12.7. The van der Waals surface area contributed by atoms with E-state index in [0.717, 1.165) is 19.3 Å². The molecular formula is C17H19Cl2NO3. The van der Waals surface area contributed by atoms with Crippen molar-refractivity contribution in [1.82, 2.24) is 5.32 Å². The molecule has 23 heavy (non-hydrogen) atoms. The standard InChI is InChI=1S/C17H19Cl2NO3/c18-13-6-7-14(15(19)10-13)17(22)23-11-16(21)20-9-8-12-4-2-1-3-5-12/h4,6-7,10H,1-3,5,8-9,11H2,(H,20,21). The number of ether oxygens (including phenoxy) is 1. The molecule has 1 amide bonds. The Labute approximate surface area is 145 Å². The molecule has 124 valence electrons. The van der Waals surface area contributed by atoms with E-state index in [-0.39, 0.29) is 23.1 Å². The number of carbonyl (C=O) groups is 2. The van der Waals surface area contributed by atoms with Crippen LogP contribution in [0, 0.1) is 0 Å². The van der Waals surface area contributed by atoms with Crippen molar-refractivity contribution in [2.75, 3.05) is 13.2 Å². The van der Waals surface area contributed by atoms with Gasteiger partial charge in [0.05, 0.1) is 10.6 Å². The normalized spacial score (nSPS) is 14.1. The largest absolute Gasteiger partial charge is 0.452 e. The zero-order chi connectivity index (χ0) is 16.7. The molecule has 2 rings (SSSR count). The van der Waals surface area contributed by atoms with Crippen LogP contribution in [0.1, 0.15) is 42.5 Å². The molecule has 1 aliphatic carbocycles. The summed E-state index contributed by atoms with van der Waals surface area (Å²) in [7, 11) is 0. The Morgan fingerprint density at radius 1 is 1.22 bits per heavy atom. The fraction of sp³-hybridized carbons (Fsp3) is 0.412. The maximum Gasteiger partial charge on any atom is 0.340 e. The van der Waals surface area contributed by atoms with E-state index in [9.17, 15) is 9.59 Å². The van der Waals surface area contributed by atoms with Crippen molar-refractivity contribution in [2.24, 2.45) is 0 Å². The van der Waals surface area contributed by atoms with Gasteiger partial charge in [0.25, 0.3) is 5.91 Å². The Hall–Kier alpha value is -1.52. The van der Waals surface area contributed by atoms with Crippen molar-refractivity contribution in [2.45, 2.75) is 32.1 Å². The van der Waals surface area contributed by atoms with Crippen molar-refractivity contribution < 1.29 is 14.3 Å². The van der Waals surface area contributed by atoms with Crippen LogP contribution < -0.4 is 5.32 Å². The van der Waals surface area contributed by atoms with Crippen molar-refractivity contribution in [1.29, 1.82) is 0 Å². The number of hydrogen-bond acceptors (Lipinski definition) is 3. The van der Waals surface area contributed by atoms with E-state index in [0.29, 0.717) is 11.6 Å². The highest BCUT2D eigenvalue weighted by Crippen LogP contribution is 2.21. The molecule has 0 heterocycles. The monoisotopic (exact) mass is 355 g/mol.